The van der Waals surface area contributed by atoms with E-state index in [4.69, 9.17) is 5.11 Å². The fraction of sp³-hybridized carbons (Fsp3) is 0.700. The first-order valence-corrected chi connectivity index (χ1v) is 4.40. The summed E-state index contributed by atoms with van der Waals surface area (Å²) < 4.78 is 0. The van der Waals surface area contributed by atoms with Crippen LogP contribution in [0.3, 0.4) is 0 Å². The molecule has 1 N–H and O–H groups in total. The van der Waals surface area contributed by atoms with Gasteiger partial charge in [-0.2, -0.15) is 0 Å². The number of carbonyl (C=O) groups is 1. The van der Waals surface area contributed by atoms with E-state index < -0.39 is 5.97 Å². The van der Waals surface area contributed by atoms with Gasteiger partial charge >= 0.3 is 5.97 Å². The molecule has 2 atom stereocenters. The Hall–Kier alpha value is -0.790. The van der Waals surface area contributed by atoms with Crippen molar-refractivity contribution in [2.45, 2.75) is 33.6 Å². The van der Waals surface area contributed by atoms with Gasteiger partial charge in [0.1, 0.15) is 0 Å². The standard InChI is InChI=1S/C10H18O2/c1-4-5-6-8(2)9(3)7-10(11)12/h4-5,8-9H,6-7H2,1-3H3,(H,11,12)/b5-4+. The van der Waals surface area contributed by atoms with Crippen LogP contribution in [0, 0.1) is 11.8 Å². The van der Waals surface area contributed by atoms with Crippen LogP contribution in [0.15, 0.2) is 12.2 Å². The maximum Gasteiger partial charge on any atom is 0.303 e. The third-order valence-electron chi connectivity index (χ3n) is 2.21. The number of carboxylic acids is 1. The Morgan fingerprint density at radius 2 is 2.00 bits per heavy atom. The van der Waals surface area contributed by atoms with Crippen LogP contribution in [-0.2, 0) is 4.79 Å². The molecule has 0 saturated carbocycles. The minimum Gasteiger partial charge on any atom is -0.481 e. The average molecular weight is 170 g/mol. The Balaban J connectivity index is 3.75. The molecule has 0 aliphatic heterocycles. The Bertz CT molecular complexity index is 161. The Morgan fingerprint density at radius 1 is 1.42 bits per heavy atom. The zero-order valence-corrected chi connectivity index (χ0v) is 8.08. The zero-order chi connectivity index (χ0) is 9.56. The monoisotopic (exact) mass is 170 g/mol. The molecule has 0 radical (unpaired) electrons. The van der Waals surface area contributed by atoms with E-state index in [0.717, 1.165) is 6.42 Å². The van der Waals surface area contributed by atoms with Gasteiger partial charge in [-0.25, -0.2) is 0 Å². The molecule has 0 aromatic carbocycles. The van der Waals surface area contributed by atoms with Gasteiger partial charge in [-0.3, -0.25) is 4.79 Å². The SMILES string of the molecule is C/C=C/CC(C)C(C)CC(=O)O. The van der Waals surface area contributed by atoms with E-state index in [0.29, 0.717) is 5.92 Å². The van der Waals surface area contributed by atoms with E-state index in [1.54, 1.807) is 0 Å². The third-order valence-corrected chi connectivity index (χ3v) is 2.21. The molecule has 0 aliphatic rings. The highest BCUT2D eigenvalue weighted by molar-refractivity contribution is 5.66. The largest absolute Gasteiger partial charge is 0.481 e. The van der Waals surface area contributed by atoms with E-state index in [2.05, 4.69) is 13.0 Å². The molecule has 12 heavy (non-hydrogen) atoms. The normalized spacial score (nSPS) is 16.2. The van der Waals surface area contributed by atoms with Crippen molar-refractivity contribution in [1.29, 1.82) is 0 Å². The predicted molar refractivity (Wildman–Crippen MR) is 50.0 cm³/mol. The van der Waals surface area contributed by atoms with E-state index in [1.807, 2.05) is 19.9 Å². The first-order chi connectivity index (χ1) is 5.57. The molecular formula is C10H18O2. The molecule has 70 valence electrons. The highest BCUT2D eigenvalue weighted by Gasteiger charge is 2.13. The number of hydrogen-bond acceptors (Lipinski definition) is 1. The number of aliphatic carboxylic acids is 1. The summed E-state index contributed by atoms with van der Waals surface area (Å²) in [6.45, 7) is 6.06. The van der Waals surface area contributed by atoms with Crippen LogP contribution >= 0.6 is 0 Å². The van der Waals surface area contributed by atoms with E-state index in [1.165, 1.54) is 0 Å². The maximum atomic E-state index is 10.4. The van der Waals surface area contributed by atoms with Gasteiger partial charge in [0.2, 0.25) is 0 Å². The molecule has 0 rings (SSSR count). The van der Waals surface area contributed by atoms with Gasteiger partial charge < -0.3 is 5.11 Å². The molecule has 0 bridgehead atoms. The van der Waals surface area contributed by atoms with Crippen molar-refractivity contribution in [3.05, 3.63) is 12.2 Å². The molecule has 0 aromatic rings. The summed E-state index contributed by atoms with van der Waals surface area (Å²) in [6.07, 6.45) is 5.34. The molecule has 0 heterocycles. The van der Waals surface area contributed by atoms with Crippen molar-refractivity contribution in [1.82, 2.24) is 0 Å². The number of allylic oxidation sites excluding steroid dienone is 2. The van der Waals surface area contributed by atoms with Crippen molar-refractivity contribution < 1.29 is 9.90 Å². The molecular weight excluding hydrogens is 152 g/mol. The van der Waals surface area contributed by atoms with E-state index in [-0.39, 0.29) is 12.3 Å². The Kier molecular flexibility index (Phi) is 5.43. The molecule has 0 saturated heterocycles. The van der Waals surface area contributed by atoms with Crippen molar-refractivity contribution >= 4 is 5.97 Å². The highest BCUT2D eigenvalue weighted by Crippen LogP contribution is 2.18. The number of rotatable bonds is 5. The van der Waals surface area contributed by atoms with Gasteiger partial charge in [-0.15, -0.1) is 0 Å². The van der Waals surface area contributed by atoms with Crippen LogP contribution in [0.5, 0.6) is 0 Å². The molecule has 0 amide bonds. The minimum atomic E-state index is -0.699. The zero-order valence-electron chi connectivity index (χ0n) is 8.08. The summed E-state index contributed by atoms with van der Waals surface area (Å²) in [5.74, 6) is 0.0193. The number of carboxylic acid groups (broad SMARTS) is 1. The van der Waals surface area contributed by atoms with Crippen LogP contribution in [-0.4, -0.2) is 11.1 Å². The Labute approximate surface area is 74.3 Å². The summed E-state index contributed by atoms with van der Waals surface area (Å²) in [7, 11) is 0. The van der Waals surface area contributed by atoms with Crippen molar-refractivity contribution in [3.8, 4) is 0 Å². The van der Waals surface area contributed by atoms with Crippen LogP contribution in [0.25, 0.3) is 0 Å². The summed E-state index contributed by atoms with van der Waals surface area (Å²) in [5.41, 5.74) is 0. The van der Waals surface area contributed by atoms with Gasteiger partial charge in [-0.05, 0) is 25.2 Å². The molecule has 0 aromatic heterocycles. The minimum absolute atomic E-state index is 0.263. The van der Waals surface area contributed by atoms with Crippen LogP contribution < -0.4 is 0 Å². The predicted octanol–water partition coefficient (Wildman–Crippen LogP) is 2.70. The van der Waals surface area contributed by atoms with E-state index >= 15 is 0 Å². The van der Waals surface area contributed by atoms with Crippen molar-refractivity contribution in [3.63, 3.8) is 0 Å². The second-order valence-corrected chi connectivity index (χ2v) is 3.36. The summed E-state index contributed by atoms with van der Waals surface area (Å²) >= 11 is 0. The van der Waals surface area contributed by atoms with Gasteiger partial charge in [0.15, 0.2) is 0 Å². The smallest absolute Gasteiger partial charge is 0.303 e. The summed E-state index contributed by atoms with van der Waals surface area (Å²) in [6, 6.07) is 0. The second kappa shape index (κ2) is 5.81. The molecule has 0 fully saturated rings. The van der Waals surface area contributed by atoms with Gasteiger partial charge in [0.25, 0.3) is 0 Å². The molecule has 2 unspecified atom stereocenters. The van der Waals surface area contributed by atoms with E-state index in [9.17, 15) is 4.79 Å². The van der Waals surface area contributed by atoms with Crippen molar-refractivity contribution in [2.24, 2.45) is 11.8 Å². The molecule has 0 aliphatic carbocycles. The second-order valence-electron chi connectivity index (χ2n) is 3.36. The fourth-order valence-corrected chi connectivity index (χ4v) is 1.06. The lowest BCUT2D eigenvalue weighted by Gasteiger charge is -2.15. The lowest BCUT2D eigenvalue weighted by molar-refractivity contribution is -0.138. The molecule has 2 nitrogen and oxygen atoms in total. The topological polar surface area (TPSA) is 37.3 Å². The van der Waals surface area contributed by atoms with Crippen LogP contribution in [0.4, 0.5) is 0 Å². The van der Waals surface area contributed by atoms with Crippen LogP contribution in [0.1, 0.15) is 33.6 Å². The van der Waals surface area contributed by atoms with Gasteiger partial charge in [-0.1, -0.05) is 26.0 Å². The lowest BCUT2D eigenvalue weighted by Crippen LogP contribution is -2.12. The Morgan fingerprint density at radius 3 is 2.42 bits per heavy atom. The lowest BCUT2D eigenvalue weighted by atomic mass is 9.90. The maximum absolute atomic E-state index is 10.4. The number of hydrogen-bond donors (Lipinski definition) is 1. The first kappa shape index (κ1) is 11.2. The molecule has 2 heteroatoms. The average Bonchev–Trinajstić information content (AvgIpc) is 1.98. The fourth-order valence-electron chi connectivity index (χ4n) is 1.06. The third kappa shape index (κ3) is 4.94. The molecule has 0 spiro atoms. The summed E-state index contributed by atoms with van der Waals surface area (Å²) in [5, 5.41) is 8.54. The quantitative estimate of drug-likeness (QED) is 0.644. The van der Waals surface area contributed by atoms with Crippen molar-refractivity contribution in [2.75, 3.05) is 0 Å². The first-order valence-electron chi connectivity index (χ1n) is 4.40. The highest BCUT2D eigenvalue weighted by atomic mass is 16.4. The van der Waals surface area contributed by atoms with Crippen LogP contribution in [0.2, 0.25) is 0 Å². The summed E-state index contributed by atoms with van der Waals surface area (Å²) in [4.78, 5) is 10.4. The van der Waals surface area contributed by atoms with Gasteiger partial charge in [0.05, 0.1) is 0 Å². The van der Waals surface area contributed by atoms with Gasteiger partial charge in [0, 0.05) is 6.42 Å².